The first-order valence-electron chi connectivity index (χ1n) is 8.80. The van der Waals surface area contributed by atoms with E-state index >= 15 is 0 Å². The summed E-state index contributed by atoms with van der Waals surface area (Å²) in [5.41, 5.74) is 8.63. The van der Waals surface area contributed by atoms with Gasteiger partial charge in [0.05, 0.1) is 17.2 Å². The van der Waals surface area contributed by atoms with Crippen molar-refractivity contribution in [1.82, 2.24) is 9.97 Å². The number of fused-ring (bicyclic) bond motifs is 3. The fourth-order valence-corrected chi connectivity index (χ4v) is 3.49. The van der Waals surface area contributed by atoms with Gasteiger partial charge in [0.15, 0.2) is 0 Å². The average molecular weight is 326 g/mol. The molecule has 2 heteroatoms. The lowest BCUT2D eigenvalue weighted by atomic mass is 9.98. The molecule has 0 bridgehead atoms. The van der Waals surface area contributed by atoms with Crippen molar-refractivity contribution in [1.29, 1.82) is 0 Å². The molecule has 0 aliphatic carbocycles. The molecule has 0 atom stereocenters. The van der Waals surface area contributed by atoms with E-state index in [-0.39, 0.29) is 0 Å². The maximum absolute atomic E-state index is 4.64. The Morgan fingerprint density at radius 2 is 1.44 bits per heavy atom. The standard InChI is InChI=1S/C23H22N2/c1-15-4-7-19(17(3)10-15)8-6-18-12-21-20-9-5-16(2)11-22(20)25-14-23(21)24-13-18/h4-5,7,9-14H,6,8H2,1-3H3. The third kappa shape index (κ3) is 3.12. The summed E-state index contributed by atoms with van der Waals surface area (Å²) in [6.07, 6.45) is 5.92. The molecule has 0 aliphatic heterocycles. The van der Waals surface area contributed by atoms with Crippen molar-refractivity contribution in [3.05, 3.63) is 82.7 Å². The van der Waals surface area contributed by atoms with Crippen LogP contribution in [0.4, 0.5) is 0 Å². The predicted molar refractivity (Wildman–Crippen MR) is 105 cm³/mol. The van der Waals surface area contributed by atoms with Crippen LogP contribution in [0.3, 0.4) is 0 Å². The molecular formula is C23H22N2. The summed E-state index contributed by atoms with van der Waals surface area (Å²) in [6.45, 7) is 6.44. The maximum Gasteiger partial charge on any atom is 0.0891 e. The van der Waals surface area contributed by atoms with Crippen molar-refractivity contribution < 1.29 is 0 Å². The molecule has 124 valence electrons. The van der Waals surface area contributed by atoms with Gasteiger partial charge in [0.2, 0.25) is 0 Å². The molecular weight excluding hydrogens is 304 g/mol. The Labute approximate surface area is 148 Å². The molecule has 2 aromatic carbocycles. The largest absolute Gasteiger partial charge is 0.254 e. The highest BCUT2D eigenvalue weighted by Crippen LogP contribution is 2.24. The van der Waals surface area contributed by atoms with E-state index in [1.165, 1.54) is 38.6 Å². The van der Waals surface area contributed by atoms with Gasteiger partial charge in [0.1, 0.15) is 0 Å². The minimum atomic E-state index is 0.964. The van der Waals surface area contributed by atoms with Gasteiger partial charge < -0.3 is 0 Å². The first kappa shape index (κ1) is 15.8. The maximum atomic E-state index is 4.64. The minimum absolute atomic E-state index is 0.964. The Morgan fingerprint density at radius 1 is 0.680 bits per heavy atom. The van der Waals surface area contributed by atoms with Gasteiger partial charge in [-0.05, 0) is 68.0 Å². The molecule has 0 amide bonds. The van der Waals surface area contributed by atoms with E-state index in [4.69, 9.17) is 0 Å². The van der Waals surface area contributed by atoms with Gasteiger partial charge in [-0.15, -0.1) is 0 Å². The molecule has 0 unspecified atom stereocenters. The molecule has 0 fully saturated rings. The lowest BCUT2D eigenvalue weighted by molar-refractivity contribution is 0.943. The summed E-state index contributed by atoms with van der Waals surface area (Å²) in [5, 5.41) is 2.38. The van der Waals surface area contributed by atoms with Gasteiger partial charge >= 0.3 is 0 Å². The Hall–Kier alpha value is -2.74. The molecule has 0 N–H and O–H groups in total. The molecule has 0 saturated heterocycles. The normalized spacial score (nSPS) is 11.3. The zero-order chi connectivity index (χ0) is 17.4. The summed E-state index contributed by atoms with van der Waals surface area (Å²) in [4.78, 5) is 9.19. The molecule has 2 heterocycles. The Balaban J connectivity index is 1.69. The van der Waals surface area contributed by atoms with Crippen molar-refractivity contribution in [2.24, 2.45) is 0 Å². The third-order valence-corrected chi connectivity index (χ3v) is 4.93. The van der Waals surface area contributed by atoms with Gasteiger partial charge in [-0.3, -0.25) is 9.97 Å². The van der Waals surface area contributed by atoms with Gasteiger partial charge in [0, 0.05) is 17.0 Å². The zero-order valence-corrected chi connectivity index (χ0v) is 15.0. The molecule has 4 rings (SSSR count). The topological polar surface area (TPSA) is 25.8 Å². The minimum Gasteiger partial charge on any atom is -0.254 e. The van der Waals surface area contributed by atoms with Crippen LogP contribution in [0, 0.1) is 20.8 Å². The molecule has 0 spiro atoms. The van der Waals surface area contributed by atoms with Crippen LogP contribution in [0.1, 0.15) is 27.8 Å². The lowest BCUT2D eigenvalue weighted by Crippen LogP contribution is -1.96. The van der Waals surface area contributed by atoms with E-state index < -0.39 is 0 Å². The highest BCUT2D eigenvalue weighted by atomic mass is 14.7. The third-order valence-electron chi connectivity index (χ3n) is 4.93. The van der Waals surface area contributed by atoms with Crippen molar-refractivity contribution >= 4 is 21.8 Å². The average Bonchev–Trinajstić information content (AvgIpc) is 2.60. The predicted octanol–water partition coefficient (Wildman–Crippen LogP) is 5.49. The highest BCUT2D eigenvalue weighted by Gasteiger charge is 2.06. The van der Waals surface area contributed by atoms with Crippen LogP contribution >= 0.6 is 0 Å². The second-order valence-corrected chi connectivity index (χ2v) is 6.99. The summed E-state index contributed by atoms with van der Waals surface area (Å²) in [6, 6.07) is 15.4. The molecule has 4 aromatic rings. The fourth-order valence-electron chi connectivity index (χ4n) is 3.49. The van der Waals surface area contributed by atoms with Crippen LogP contribution < -0.4 is 0 Å². The molecule has 2 aromatic heterocycles. The van der Waals surface area contributed by atoms with E-state index in [1.54, 1.807) is 0 Å². The smallest absolute Gasteiger partial charge is 0.0891 e. The number of aromatic nitrogens is 2. The first-order valence-corrected chi connectivity index (χ1v) is 8.80. The van der Waals surface area contributed by atoms with Gasteiger partial charge in [0.25, 0.3) is 0 Å². The molecule has 0 saturated carbocycles. The molecule has 0 aliphatic rings. The van der Waals surface area contributed by atoms with E-state index in [1.807, 2.05) is 12.4 Å². The van der Waals surface area contributed by atoms with Crippen molar-refractivity contribution in [3.8, 4) is 0 Å². The summed E-state index contributed by atoms with van der Waals surface area (Å²) >= 11 is 0. The van der Waals surface area contributed by atoms with Gasteiger partial charge in [-0.25, -0.2) is 0 Å². The summed E-state index contributed by atoms with van der Waals surface area (Å²) in [5.74, 6) is 0. The quantitative estimate of drug-likeness (QED) is 0.465. The van der Waals surface area contributed by atoms with Crippen LogP contribution in [0.5, 0.6) is 0 Å². The van der Waals surface area contributed by atoms with Crippen molar-refractivity contribution in [2.75, 3.05) is 0 Å². The van der Waals surface area contributed by atoms with Crippen molar-refractivity contribution in [3.63, 3.8) is 0 Å². The van der Waals surface area contributed by atoms with E-state index in [9.17, 15) is 0 Å². The Bertz CT molecular complexity index is 1080. The number of hydrogen-bond acceptors (Lipinski definition) is 2. The Kier molecular flexibility index (Phi) is 3.96. The number of aryl methyl sites for hydroxylation is 5. The second-order valence-electron chi connectivity index (χ2n) is 6.99. The van der Waals surface area contributed by atoms with Crippen LogP contribution in [0.2, 0.25) is 0 Å². The number of hydrogen-bond donors (Lipinski definition) is 0. The van der Waals surface area contributed by atoms with E-state index in [2.05, 4.69) is 73.2 Å². The monoisotopic (exact) mass is 326 g/mol. The number of pyridine rings is 2. The zero-order valence-electron chi connectivity index (χ0n) is 15.0. The second kappa shape index (κ2) is 6.29. The van der Waals surface area contributed by atoms with Crippen LogP contribution in [0.25, 0.3) is 21.8 Å². The molecule has 25 heavy (non-hydrogen) atoms. The van der Waals surface area contributed by atoms with Crippen LogP contribution in [-0.4, -0.2) is 9.97 Å². The van der Waals surface area contributed by atoms with E-state index in [0.29, 0.717) is 0 Å². The van der Waals surface area contributed by atoms with Crippen molar-refractivity contribution in [2.45, 2.75) is 33.6 Å². The van der Waals surface area contributed by atoms with Crippen LogP contribution in [-0.2, 0) is 12.8 Å². The SMILES string of the molecule is Cc1ccc(CCc2cnc3cnc4cc(C)ccc4c3c2)c(C)c1. The number of nitrogens with zero attached hydrogens (tertiary/aromatic N) is 2. The van der Waals surface area contributed by atoms with Gasteiger partial charge in [-0.2, -0.15) is 0 Å². The summed E-state index contributed by atoms with van der Waals surface area (Å²) < 4.78 is 0. The lowest BCUT2D eigenvalue weighted by Gasteiger charge is -2.09. The fraction of sp³-hybridized carbons (Fsp3) is 0.217. The molecule has 2 nitrogen and oxygen atoms in total. The highest BCUT2D eigenvalue weighted by molar-refractivity contribution is 6.04. The number of rotatable bonds is 3. The van der Waals surface area contributed by atoms with E-state index in [0.717, 1.165) is 23.9 Å². The first-order chi connectivity index (χ1) is 12.1. The van der Waals surface area contributed by atoms with Crippen LogP contribution in [0.15, 0.2) is 54.9 Å². The summed E-state index contributed by atoms with van der Waals surface area (Å²) in [7, 11) is 0. The van der Waals surface area contributed by atoms with Gasteiger partial charge in [-0.1, -0.05) is 35.9 Å². The number of benzene rings is 2. The molecule has 0 radical (unpaired) electrons. The Morgan fingerprint density at radius 3 is 2.28 bits per heavy atom.